The fourth-order valence-corrected chi connectivity index (χ4v) is 6.23. The average molecular weight is 395 g/mol. The SMILES string of the molecule is CCOP(C)(=O)CC[C@]12C[C@@H]1[C@@H](n1cnc3c(N)nc(C)nc31)[C@H](O)[C@@H]2O. The van der Waals surface area contributed by atoms with Crippen LogP contribution in [0.15, 0.2) is 6.33 Å². The average Bonchev–Trinajstić information content (AvgIpc) is 3.09. The molecular weight excluding hydrogens is 369 g/mol. The summed E-state index contributed by atoms with van der Waals surface area (Å²) in [5.74, 6) is 0.897. The van der Waals surface area contributed by atoms with Crippen molar-refractivity contribution in [2.75, 3.05) is 25.2 Å². The molecule has 0 bridgehead atoms. The maximum absolute atomic E-state index is 12.5. The molecule has 0 aliphatic heterocycles. The lowest BCUT2D eigenvalue weighted by Crippen LogP contribution is -2.34. The number of nitrogens with two attached hydrogens (primary N) is 1. The number of hydrogen-bond donors (Lipinski definition) is 3. The predicted molar refractivity (Wildman–Crippen MR) is 101 cm³/mol. The maximum atomic E-state index is 12.5. The van der Waals surface area contributed by atoms with E-state index < -0.39 is 25.0 Å². The quantitative estimate of drug-likeness (QED) is 0.623. The normalized spacial score (nSPS) is 34.6. The molecule has 2 aromatic heterocycles. The summed E-state index contributed by atoms with van der Waals surface area (Å²) in [6, 6.07) is -0.345. The van der Waals surface area contributed by atoms with E-state index in [1.54, 1.807) is 19.9 Å². The first kappa shape index (κ1) is 18.8. The van der Waals surface area contributed by atoms with Crippen molar-refractivity contribution in [2.24, 2.45) is 11.3 Å². The van der Waals surface area contributed by atoms with Gasteiger partial charge in [0.1, 0.15) is 17.4 Å². The molecule has 148 valence electrons. The highest BCUT2D eigenvalue weighted by molar-refractivity contribution is 7.58. The van der Waals surface area contributed by atoms with Crippen molar-refractivity contribution in [3.8, 4) is 0 Å². The molecule has 0 radical (unpaired) electrons. The molecule has 2 heterocycles. The van der Waals surface area contributed by atoms with Crippen LogP contribution in [0.5, 0.6) is 0 Å². The van der Waals surface area contributed by atoms with E-state index in [9.17, 15) is 14.8 Å². The molecule has 0 amide bonds. The standard InChI is InChI=1S/C17H26N5O4P/c1-4-26-27(3,25)6-5-17-7-10(17)12(13(23)14(17)24)22-8-19-11-15(18)20-9(2)21-16(11)22/h8,10,12-14,23-24H,4-7H2,1-3H3,(H2,18,20,21)/t10-,12-,13+,14+,17+,27?/m1/s1. The number of imidazole rings is 1. The lowest BCUT2D eigenvalue weighted by Gasteiger charge is -2.25. The fraction of sp³-hybridized carbons (Fsp3) is 0.706. The first-order valence-corrected chi connectivity index (χ1v) is 11.5. The zero-order valence-electron chi connectivity index (χ0n) is 15.7. The lowest BCUT2D eigenvalue weighted by molar-refractivity contribution is -0.0182. The van der Waals surface area contributed by atoms with Gasteiger partial charge in [0.25, 0.3) is 0 Å². The molecule has 9 nitrogen and oxygen atoms in total. The van der Waals surface area contributed by atoms with Crippen LogP contribution >= 0.6 is 7.37 Å². The van der Waals surface area contributed by atoms with Crippen molar-refractivity contribution in [2.45, 2.75) is 44.9 Å². The number of aryl methyl sites for hydroxylation is 1. The second-order valence-electron chi connectivity index (χ2n) is 7.86. The summed E-state index contributed by atoms with van der Waals surface area (Å²) in [6.07, 6.45) is 1.50. The van der Waals surface area contributed by atoms with Crippen molar-refractivity contribution < 1.29 is 19.3 Å². The van der Waals surface area contributed by atoms with Gasteiger partial charge in [-0.3, -0.25) is 4.57 Å². The summed E-state index contributed by atoms with van der Waals surface area (Å²) in [7, 11) is -2.69. The number of aliphatic hydroxyl groups is 2. The van der Waals surface area contributed by atoms with Gasteiger partial charge in [0.15, 0.2) is 18.8 Å². The van der Waals surface area contributed by atoms with Crippen LogP contribution in [0.1, 0.15) is 31.6 Å². The first-order valence-electron chi connectivity index (χ1n) is 9.24. The Kier molecular flexibility index (Phi) is 4.34. The molecule has 0 saturated heterocycles. The number of hydrogen-bond acceptors (Lipinski definition) is 8. The number of fused-ring (bicyclic) bond motifs is 2. The minimum atomic E-state index is -2.69. The molecule has 2 aliphatic rings. The molecule has 6 atom stereocenters. The molecule has 4 rings (SSSR count). The van der Waals surface area contributed by atoms with Gasteiger partial charge in [-0.1, -0.05) is 0 Å². The molecule has 0 spiro atoms. The van der Waals surface area contributed by atoms with E-state index in [0.29, 0.717) is 42.0 Å². The third-order valence-corrected chi connectivity index (χ3v) is 7.96. The van der Waals surface area contributed by atoms with Gasteiger partial charge in [-0.05, 0) is 32.6 Å². The van der Waals surface area contributed by atoms with E-state index in [1.165, 1.54) is 0 Å². The van der Waals surface area contributed by atoms with Crippen molar-refractivity contribution in [1.82, 2.24) is 19.5 Å². The number of aliphatic hydroxyl groups excluding tert-OH is 2. The summed E-state index contributed by atoms with van der Waals surface area (Å²) in [4.78, 5) is 12.9. The first-order chi connectivity index (χ1) is 12.7. The minimum Gasteiger partial charge on any atom is -0.390 e. The van der Waals surface area contributed by atoms with E-state index in [-0.39, 0.29) is 12.0 Å². The number of nitrogens with zero attached hydrogens (tertiary/aromatic N) is 4. The lowest BCUT2D eigenvalue weighted by atomic mass is 9.96. The molecule has 2 fully saturated rings. The number of anilines is 1. The Labute approximate surface area is 157 Å². The van der Waals surface area contributed by atoms with E-state index in [2.05, 4.69) is 15.0 Å². The van der Waals surface area contributed by atoms with Crippen LogP contribution in [0.25, 0.3) is 11.2 Å². The van der Waals surface area contributed by atoms with Gasteiger partial charge in [0, 0.05) is 18.2 Å². The van der Waals surface area contributed by atoms with Gasteiger partial charge < -0.3 is 25.0 Å². The van der Waals surface area contributed by atoms with Gasteiger partial charge in [-0.2, -0.15) is 0 Å². The largest absolute Gasteiger partial charge is 0.390 e. The van der Waals surface area contributed by atoms with Gasteiger partial charge in [0.2, 0.25) is 0 Å². The Morgan fingerprint density at radius 2 is 2.19 bits per heavy atom. The van der Waals surface area contributed by atoms with Crippen molar-refractivity contribution in [3.63, 3.8) is 0 Å². The molecule has 1 unspecified atom stereocenters. The summed E-state index contributed by atoms with van der Waals surface area (Å²) in [5.41, 5.74) is 6.57. The molecule has 0 aromatic carbocycles. The highest BCUT2D eigenvalue weighted by atomic mass is 31.2. The summed E-state index contributed by atoms with van der Waals surface area (Å²) < 4.78 is 19.6. The second-order valence-corrected chi connectivity index (χ2v) is 10.6. The third-order valence-electron chi connectivity index (χ3n) is 6.12. The third kappa shape index (κ3) is 2.88. The molecule has 2 aliphatic carbocycles. The molecule has 4 N–H and O–H groups in total. The molecule has 2 saturated carbocycles. The zero-order valence-corrected chi connectivity index (χ0v) is 16.6. The summed E-state index contributed by atoms with van der Waals surface area (Å²) in [5, 5.41) is 21.5. The van der Waals surface area contributed by atoms with Crippen LogP contribution in [-0.2, 0) is 9.09 Å². The van der Waals surface area contributed by atoms with Crippen LogP contribution in [0.4, 0.5) is 5.82 Å². The minimum absolute atomic E-state index is 0.0676. The number of aromatic nitrogens is 4. The number of rotatable bonds is 6. The Bertz CT molecular complexity index is 933. The van der Waals surface area contributed by atoms with E-state index in [1.807, 2.05) is 11.5 Å². The van der Waals surface area contributed by atoms with Gasteiger partial charge >= 0.3 is 0 Å². The van der Waals surface area contributed by atoms with Crippen LogP contribution in [0, 0.1) is 18.3 Å². The van der Waals surface area contributed by atoms with E-state index in [0.717, 1.165) is 6.42 Å². The Morgan fingerprint density at radius 1 is 1.44 bits per heavy atom. The Balaban J connectivity index is 1.63. The highest BCUT2D eigenvalue weighted by Crippen LogP contribution is 2.70. The van der Waals surface area contributed by atoms with Crippen molar-refractivity contribution in [3.05, 3.63) is 12.2 Å². The van der Waals surface area contributed by atoms with Crippen molar-refractivity contribution >= 4 is 24.4 Å². The predicted octanol–water partition coefficient (Wildman–Crippen LogP) is 1.33. The number of nitrogen functional groups attached to an aromatic ring is 1. The van der Waals surface area contributed by atoms with E-state index in [4.69, 9.17) is 10.3 Å². The van der Waals surface area contributed by atoms with Crippen molar-refractivity contribution in [1.29, 1.82) is 0 Å². The monoisotopic (exact) mass is 395 g/mol. The van der Waals surface area contributed by atoms with Crippen LogP contribution in [0.3, 0.4) is 0 Å². The van der Waals surface area contributed by atoms with Gasteiger partial charge in [0.05, 0.1) is 25.1 Å². The Morgan fingerprint density at radius 3 is 2.89 bits per heavy atom. The molecule has 2 aromatic rings. The second kappa shape index (κ2) is 6.24. The smallest absolute Gasteiger partial charge is 0.200 e. The zero-order chi connectivity index (χ0) is 19.6. The van der Waals surface area contributed by atoms with E-state index >= 15 is 0 Å². The fourth-order valence-electron chi connectivity index (χ4n) is 4.73. The Hall–Kier alpha value is -1.54. The topological polar surface area (TPSA) is 136 Å². The highest BCUT2D eigenvalue weighted by Gasteiger charge is 2.71. The molecule has 27 heavy (non-hydrogen) atoms. The molecule has 10 heteroatoms. The summed E-state index contributed by atoms with van der Waals surface area (Å²) >= 11 is 0. The van der Waals surface area contributed by atoms with Gasteiger partial charge in [-0.25, -0.2) is 15.0 Å². The van der Waals surface area contributed by atoms with Crippen LogP contribution in [0.2, 0.25) is 0 Å². The van der Waals surface area contributed by atoms with Crippen LogP contribution < -0.4 is 5.73 Å². The molecular formula is C17H26N5O4P. The van der Waals surface area contributed by atoms with Gasteiger partial charge in [-0.15, -0.1) is 0 Å². The summed E-state index contributed by atoms with van der Waals surface area (Å²) in [6.45, 7) is 5.60. The maximum Gasteiger partial charge on any atom is 0.200 e. The van der Waals surface area contributed by atoms with Crippen LogP contribution in [-0.4, -0.2) is 61.4 Å².